The van der Waals surface area contributed by atoms with E-state index in [0.717, 1.165) is 4.31 Å². The van der Waals surface area contributed by atoms with E-state index >= 15 is 0 Å². The highest BCUT2D eigenvalue weighted by atomic mass is 35.5. The van der Waals surface area contributed by atoms with Gasteiger partial charge < -0.3 is 10.4 Å². The van der Waals surface area contributed by atoms with Crippen molar-refractivity contribution in [3.63, 3.8) is 0 Å². The summed E-state index contributed by atoms with van der Waals surface area (Å²) in [4.78, 5) is 27.5. The molecule has 0 fully saturated rings. The average Bonchev–Trinajstić information content (AvgIpc) is 2.62. The van der Waals surface area contributed by atoms with Crippen LogP contribution in [0, 0.1) is 0 Å². The Kier molecular flexibility index (Phi) is 7.55. The third kappa shape index (κ3) is 6.12. The molecule has 1 aromatic heterocycles. The molecule has 9 nitrogen and oxygen atoms in total. The Morgan fingerprint density at radius 2 is 1.69 bits per heavy atom. The van der Waals surface area contributed by atoms with E-state index in [-0.39, 0.29) is 22.0 Å². The number of nitrogens with one attached hydrogen (secondary N) is 2. The predicted molar refractivity (Wildman–Crippen MR) is 110 cm³/mol. The van der Waals surface area contributed by atoms with Crippen LogP contribution in [-0.2, 0) is 21.4 Å². The Morgan fingerprint density at radius 1 is 1.14 bits per heavy atom. The lowest BCUT2D eigenvalue weighted by atomic mass is 10.1. The van der Waals surface area contributed by atoms with E-state index in [1.807, 2.05) is 0 Å². The van der Waals surface area contributed by atoms with Crippen molar-refractivity contribution in [3.05, 3.63) is 57.8 Å². The highest BCUT2D eigenvalue weighted by molar-refractivity contribution is 7.87. The Bertz CT molecular complexity index is 993. The molecule has 0 aliphatic rings. The number of hydrogen-bond donors (Lipinski definition) is 3. The highest BCUT2D eigenvalue weighted by Gasteiger charge is 2.25. The van der Waals surface area contributed by atoms with Crippen LogP contribution in [-0.4, -0.2) is 54.8 Å². The van der Waals surface area contributed by atoms with Gasteiger partial charge in [-0.1, -0.05) is 35.3 Å². The third-order valence-corrected chi connectivity index (χ3v) is 5.92. The molecular formula is C17H18Cl2N4O5S. The van der Waals surface area contributed by atoms with Crippen molar-refractivity contribution in [1.82, 2.24) is 14.0 Å². The first kappa shape index (κ1) is 23.0. The van der Waals surface area contributed by atoms with Gasteiger partial charge in [-0.2, -0.15) is 17.4 Å². The lowest BCUT2D eigenvalue weighted by molar-refractivity contribution is -0.138. The van der Waals surface area contributed by atoms with Gasteiger partial charge in [0.1, 0.15) is 6.04 Å². The van der Waals surface area contributed by atoms with Crippen molar-refractivity contribution in [1.29, 1.82) is 0 Å². The highest BCUT2D eigenvalue weighted by Crippen LogP contribution is 2.24. The largest absolute Gasteiger partial charge is 0.480 e. The summed E-state index contributed by atoms with van der Waals surface area (Å²) in [5, 5.41) is 12.1. The van der Waals surface area contributed by atoms with Gasteiger partial charge in [-0.15, -0.1) is 0 Å². The molecule has 0 aliphatic heterocycles. The summed E-state index contributed by atoms with van der Waals surface area (Å²) in [6, 6.07) is 4.90. The van der Waals surface area contributed by atoms with E-state index in [0.29, 0.717) is 11.3 Å². The molecule has 0 spiro atoms. The molecule has 0 aliphatic carbocycles. The number of carboxylic acids is 1. The minimum atomic E-state index is -3.91. The predicted octanol–water partition coefficient (Wildman–Crippen LogP) is 2.03. The number of carboxylic acid groups (broad SMARTS) is 1. The minimum absolute atomic E-state index is 0.0800. The summed E-state index contributed by atoms with van der Waals surface area (Å²) in [6.07, 6.45) is 2.51. The molecule has 1 aromatic carbocycles. The number of amides is 1. The third-order valence-electron chi connectivity index (χ3n) is 3.80. The van der Waals surface area contributed by atoms with Crippen LogP contribution in [0.5, 0.6) is 0 Å². The molecule has 12 heteroatoms. The van der Waals surface area contributed by atoms with Gasteiger partial charge in [0.15, 0.2) is 0 Å². The van der Waals surface area contributed by atoms with Crippen LogP contribution >= 0.6 is 23.2 Å². The topological polar surface area (TPSA) is 129 Å². The van der Waals surface area contributed by atoms with Gasteiger partial charge >= 0.3 is 5.97 Å². The smallest absolute Gasteiger partial charge is 0.322 e. The van der Waals surface area contributed by atoms with Crippen LogP contribution in [0.15, 0.2) is 36.7 Å². The van der Waals surface area contributed by atoms with Crippen LogP contribution in [0.25, 0.3) is 0 Å². The van der Waals surface area contributed by atoms with Gasteiger partial charge in [0, 0.05) is 32.2 Å². The molecule has 29 heavy (non-hydrogen) atoms. The Labute approximate surface area is 177 Å². The summed E-state index contributed by atoms with van der Waals surface area (Å²) in [5.41, 5.74) is 1.05. The molecule has 3 N–H and O–H groups in total. The zero-order valence-electron chi connectivity index (χ0n) is 15.4. The zero-order valence-corrected chi connectivity index (χ0v) is 17.7. The van der Waals surface area contributed by atoms with Gasteiger partial charge in [0.05, 0.1) is 15.6 Å². The van der Waals surface area contributed by atoms with Gasteiger partial charge in [0.25, 0.3) is 16.1 Å². The van der Waals surface area contributed by atoms with E-state index in [1.54, 1.807) is 24.3 Å². The second-order valence-corrected chi connectivity index (χ2v) is 8.86. The van der Waals surface area contributed by atoms with E-state index in [1.165, 1.54) is 26.5 Å². The number of anilines is 1. The summed E-state index contributed by atoms with van der Waals surface area (Å²) < 4.78 is 26.8. The molecule has 0 radical (unpaired) electrons. The number of carbonyl (C=O) groups is 2. The number of nitrogens with zero attached hydrogens (tertiary/aromatic N) is 2. The second kappa shape index (κ2) is 9.51. The Balaban J connectivity index is 2.11. The maximum absolute atomic E-state index is 12.4. The molecule has 0 saturated heterocycles. The summed E-state index contributed by atoms with van der Waals surface area (Å²) in [7, 11) is -1.33. The van der Waals surface area contributed by atoms with Crippen LogP contribution in [0.3, 0.4) is 0 Å². The van der Waals surface area contributed by atoms with Crippen LogP contribution < -0.4 is 10.0 Å². The van der Waals surface area contributed by atoms with E-state index in [4.69, 9.17) is 23.2 Å². The number of benzene rings is 1. The number of halogens is 2. The van der Waals surface area contributed by atoms with E-state index < -0.39 is 28.1 Å². The van der Waals surface area contributed by atoms with Crippen molar-refractivity contribution in [3.8, 4) is 0 Å². The molecule has 2 rings (SSSR count). The number of carbonyl (C=O) groups excluding carboxylic acids is 1. The number of pyridine rings is 1. The fourth-order valence-corrected chi connectivity index (χ4v) is 3.54. The van der Waals surface area contributed by atoms with Crippen molar-refractivity contribution in [2.45, 2.75) is 12.5 Å². The molecule has 0 unspecified atom stereocenters. The molecule has 1 atom stereocenters. The monoisotopic (exact) mass is 460 g/mol. The quantitative estimate of drug-likeness (QED) is 0.552. The Hall–Kier alpha value is -2.24. The summed E-state index contributed by atoms with van der Waals surface area (Å²) in [5.74, 6) is -1.84. The van der Waals surface area contributed by atoms with Crippen molar-refractivity contribution < 1.29 is 23.1 Å². The second-order valence-electron chi connectivity index (χ2n) is 6.13. The summed E-state index contributed by atoms with van der Waals surface area (Å²) >= 11 is 11.9. The standard InChI is InChI=1S/C17H18Cl2N4O5S/c1-23(2)29(27,28)22-14(17(25)26)7-10-3-5-11(6-4-10)21-16(24)15-12(18)8-20-9-13(15)19/h3-6,8-9,14,22H,7H2,1-2H3,(H,21,24)(H,25,26)/t14-/m0/s1. The zero-order chi connectivity index (χ0) is 21.8. The number of aliphatic carboxylic acids is 1. The molecular weight excluding hydrogens is 443 g/mol. The first-order chi connectivity index (χ1) is 13.5. The van der Waals surface area contributed by atoms with Crippen molar-refractivity contribution in [2.24, 2.45) is 0 Å². The fourth-order valence-electron chi connectivity index (χ4n) is 2.25. The number of rotatable bonds is 8. The summed E-state index contributed by atoms with van der Waals surface area (Å²) in [6.45, 7) is 0. The van der Waals surface area contributed by atoms with Crippen molar-refractivity contribution >= 4 is 51.0 Å². The molecule has 1 amide bonds. The van der Waals surface area contributed by atoms with Crippen LogP contribution in [0.1, 0.15) is 15.9 Å². The molecule has 2 aromatic rings. The molecule has 0 saturated carbocycles. The first-order valence-electron chi connectivity index (χ1n) is 8.13. The SMILES string of the molecule is CN(C)S(=O)(=O)N[C@@H](Cc1ccc(NC(=O)c2c(Cl)cncc2Cl)cc1)C(=O)O. The van der Waals surface area contributed by atoms with E-state index in [2.05, 4.69) is 15.0 Å². The van der Waals surface area contributed by atoms with Gasteiger partial charge in [-0.3, -0.25) is 14.6 Å². The van der Waals surface area contributed by atoms with Crippen molar-refractivity contribution in [2.75, 3.05) is 19.4 Å². The molecule has 1 heterocycles. The maximum Gasteiger partial charge on any atom is 0.322 e. The number of hydrogen-bond acceptors (Lipinski definition) is 5. The van der Waals surface area contributed by atoms with Gasteiger partial charge in [0.2, 0.25) is 0 Å². The molecule has 156 valence electrons. The van der Waals surface area contributed by atoms with Crippen LogP contribution in [0.4, 0.5) is 5.69 Å². The minimum Gasteiger partial charge on any atom is -0.480 e. The molecule has 0 bridgehead atoms. The lowest BCUT2D eigenvalue weighted by Gasteiger charge is -2.18. The normalized spacial score (nSPS) is 12.6. The Morgan fingerprint density at radius 3 is 2.17 bits per heavy atom. The van der Waals surface area contributed by atoms with E-state index in [9.17, 15) is 23.1 Å². The van der Waals surface area contributed by atoms with Crippen LogP contribution in [0.2, 0.25) is 10.0 Å². The average molecular weight is 461 g/mol. The van der Waals surface area contributed by atoms with Gasteiger partial charge in [-0.25, -0.2) is 0 Å². The van der Waals surface area contributed by atoms with Gasteiger partial charge in [-0.05, 0) is 24.1 Å². The number of aromatic nitrogens is 1. The first-order valence-corrected chi connectivity index (χ1v) is 10.3. The maximum atomic E-state index is 12.4. The lowest BCUT2D eigenvalue weighted by Crippen LogP contribution is -2.47. The fraction of sp³-hybridized carbons (Fsp3) is 0.235.